The van der Waals surface area contributed by atoms with Crippen molar-refractivity contribution in [2.45, 2.75) is 32.1 Å². The van der Waals surface area contributed by atoms with E-state index >= 15 is 0 Å². The van der Waals surface area contributed by atoms with Crippen LogP contribution >= 0.6 is 11.6 Å². The summed E-state index contributed by atoms with van der Waals surface area (Å²) in [6.45, 7) is 0.826. The molecule has 0 aromatic heterocycles. The zero-order chi connectivity index (χ0) is 13.0. The molecule has 3 nitrogen and oxygen atoms in total. The third kappa shape index (κ3) is 3.39. The van der Waals surface area contributed by atoms with Gasteiger partial charge in [-0.15, -0.1) is 0 Å². The number of benzene rings is 1. The van der Waals surface area contributed by atoms with Gasteiger partial charge in [0.25, 0.3) is 0 Å². The lowest BCUT2D eigenvalue weighted by Crippen LogP contribution is -2.10. The van der Waals surface area contributed by atoms with E-state index in [0.717, 1.165) is 18.9 Å². The maximum atomic E-state index is 11.1. The van der Waals surface area contributed by atoms with Gasteiger partial charge in [-0.05, 0) is 30.5 Å². The summed E-state index contributed by atoms with van der Waals surface area (Å²) in [5.41, 5.74) is 0.902. The second-order valence-electron chi connectivity index (χ2n) is 4.86. The van der Waals surface area contributed by atoms with Crippen LogP contribution < -0.4 is 5.32 Å². The summed E-state index contributed by atoms with van der Waals surface area (Å²) >= 11 is 5.81. The maximum absolute atomic E-state index is 11.1. The first kappa shape index (κ1) is 13.2. The monoisotopic (exact) mass is 267 g/mol. The summed E-state index contributed by atoms with van der Waals surface area (Å²) in [5.74, 6) is -0.140. The van der Waals surface area contributed by atoms with E-state index in [9.17, 15) is 4.79 Å². The second kappa shape index (κ2) is 6.10. The van der Waals surface area contributed by atoms with Crippen molar-refractivity contribution in [3.8, 4) is 0 Å². The molecule has 0 spiro atoms. The normalized spacial score (nSPS) is 15.8. The topological polar surface area (TPSA) is 49.3 Å². The van der Waals surface area contributed by atoms with Crippen LogP contribution in [0.5, 0.6) is 0 Å². The van der Waals surface area contributed by atoms with Gasteiger partial charge in [-0.2, -0.15) is 0 Å². The lowest BCUT2D eigenvalue weighted by atomic mass is 10.0. The molecule has 1 aliphatic carbocycles. The highest BCUT2D eigenvalue weighted by Gasteiger charge is 2.15. The smallest absolute Gasteiger partial charge is 0.337 e. The molecule has 2 N–H and O–H groups in total. The van der Waals surface area contributed by atoms with Gasteiger partial charge >= 0.3 is 5.97 Å². The van der Waals surface area contributed by atoms with Crippen LogP contribution in [0.25, 0.3) is 0 Å². The van der Waals surface area contributed by atoms with Crippen LogP contribution in [-0.2, 0) is 0 Å². The number of nitrogens with one attached hydrogen (secondary N) is 1. The van der Waals surface area contributed by atoms with Crippen LogP contribution in [0.3, 0.4) is 0 Å². The van der Waals surface area contributed by atoms with Gasteiger partial charge in [0, 0.05) is 17.3 Å². The lowest BCUT2D eigenvalue weighted by molar-refractivity contribution is 0.0698. The second-order valence-corrected chi connectivity index (χ2v) is 5.30. The van der Waals surface area contributed by atoms with Crippen molar-refractivity contribution in [2.24, 2.45) is 5.92 Å². The number of anilines is 1. The van der Waals surface area contributed by atoms with Gasteiger partial charge in [0.2, 0.25) is 0 Å². The van der Waals surface area contributed by atoms with Crippen molar-refractivity contribution in [1.29, 1.82) is 0 Å². The predicted molar refractivity (Wildman–Crippen MR) is 73.5 cm³/mol. The standard InChI is InChI=1S/C14H18ClNO2/c15-11-5-6-13(12(9-11)14(17)18)16-8-7-10-3-1-2-4-10/h5-6,9-10,16H,1-4,7-8H2,(H,17,18). The Labute approximate surface area is 112 Å². The molecule has 1 aliphatic rings. The number of hydrogen-bond donors (Lipinski definition) is 2. The Morgan fingerprint density at radius 3 is 2.78 bits per heavy atom. The summed E-state index contributed by atoms with van der Waals surface area (Å²) in [5, 5.41) is 12.8. The zero-order valence-corrected chi connectivity index (χ0v) is 11.0. The van der Waals surface area contributed by atoms with Crippen LogP contribution in [0.1, 0.15) is 42.5 Å². The highest BCUT2D eigenvalue weighted by atomic mass is 35.5. The molecule has 0 radical (unpaired) electrons. The fraction of sp³-hybridized carbons (Fsp3) is 0.500. The molecule has 1 saturated carbocycles. The molecule has 98 valence electrons. The molecular formula is C14H18ClNO2. The lowest BCUT2D eigenvalue weighted by Gasteiger charge is -2.12. The Morgan fingerprint density at radius 1 is 1.39 bits per heavy atom. The Morgan fingerprint density at radius 2 is 2.11 bits per heavy atom. The first-order valence-corrected chi connectivity index (χ1v) is 6.81. The van der Waals surface area contributed by atoms with Crippen molar-refractivity contribution in [3.63, 3.8) is 0 Å². The summed E-state index contributed by atoms with van der Waals surface area (Å²) in [6.07, 6.45) is 6.42. The van der Waals surface area contributed by atoms with E-state index in [0.29, 0.717) is 10.7 Å². The predicted octanol–water partition coefficient (Wildman–Crippen LogP) is 4.03. The van der Waals surface area contributed by atoms with Gasteiger partial charge in [0.05, 0.1) is 5.56 Å². The zero-order valence-electron chi connectivity index (χ0n) is 10.3. The number of halogens is 1. The van der Waals surface area contributed by atoms with E-state index in [1.54, 1.807) is 12.1 Å². The molecule has 0 aliphatic heterocycles. The van der Waals surface area contributed by atoms with Crippen LogP contribution in [0.2, 0.25) is 5.02 Å². The SMILES string of the molecule is O=C(O)c1cc(Cl)ccc1NCCC1CCCC1. The van der Waals surface area contributed by atoms with E-state index in [2.05, 4.69) is 5.32 Å². The summed E-state index contributed by atoms with van der Waals surface area (Å²) < 4.78 is 0. The minimum Gasteiger partial charge on any atom is -0.478 e. The average Bonchev–Trinajstić information content (AvgIpc) is 2.84. The molecule has 2 rings (SSSR count). The van der Waals surface area contributed by atoms with Gasteiger partial charge in [0.15, 0.2) is 0 Å². The highest BCUT2D eigenvalue weighted by Crippen LogP contribution is 2.28. The quantitative estimate of drug-likeness (QED) is 0.847. The van der Waals surface area contributed by atoms with Gasteiger partial charge in [-0.1, -0.05) is 37.3 Å². The Hall–Kier alpha value is -1.22. The van der Waals surface area contributed by atoms with Gasteiger partial charge in [0.1, 0.15) is 0 Å². The number of carbonyl (C=O) groups is 1. The van der Waals surface area contributed by atoms with Crippen molar-refractivity contribution in [3.05, 3.63) is 28.8 Å². The Kier molecular flexibility index (Phi) is 4.48. The van der Waals surface area contributed by atoms with Crippen molar-refractivity contribution in [2.75, 3.05) is 11.9 Å². The largest absolute Gasteiger partial charge is 0.478 e. The van der Waals surface area contributed by atoms with E-state index in [-0.39, 0.29) is 5.56 Å². The minimum atomic E-state index is -0.944. The van der Waals surface area contributed by atoms with Crippen molar-refractivity contribution < 1.29 is 9.90 Å². The van der Waals surface area contributed by atoms with Gasteiger partial charge < -0.3 is 10.4 Å². The molecule has 0 bridgehead atoms. The van der Waals surface area contributed by atoms with Crippen molar-refractivity contribution in [1.82, 2.24) is 0 Å². The Bertz CT molecular complexity index is 428. The molecule has 0 unspecified atom stereocenters. The summed E-state index contributed by atoms with van der Waals surface area (Å²) in [6, 6.07) is 4.94. The summed E-state index contributed by atoms with van der Waals surface area (Å²) in [7, 11) is 0. The van der Waals surface area contributed by atoms with E-state index < -0.39 is 5.97 Å². The molecule has 0 amide bonds. The van der Waals surface area contributed by atoms with Gasteiger partial charge in [-0.3, -0.25) is 0 Å². The number of aromatic carboxylic acids is 1. The molecule has 0 heterocycles. The molecule has 18 heavy (non-hydrogen) atoms. The number of carboxylic acids is 1. The average molecular weight is 268 g/mol. The van der Waals surface area contributed by atoms with Crippen LogP contribution in [-0.4, -0.2) is 17.6 Å². The van der Waals surface area contributed by atoms with Gasteiger partial charge in [-0.25, -0.2) is 4.79 Å². The fourth-order valence-corrected chi connectivity index (χ4v) is 2.73. The highest BCUT2D eigenvalue weighted by molar-refractivity contribution is 6.31. The van der Waals surface area contributed by atoms with Crippen molar-refractivity contribution >= 4 is 23.3 Å². The molecule has 1 fully saturated rings. The van der Waals surface area contributed by atoms with Crippen LogP contribution in [0.15, 0.2) is 18.2 Å². The first-order valence-electron chi connectivity index (χ1n) is 6.43. The number of rotatable bonds is 5. The molecule has 0 saturated heterocycles. The third-order valence-corrected chi connectivity index (χ3v) is 3.79. The molecule has 0 atom stereocenters. The van der Waals surface area contributed by atoms with E-state index in [1.807, 2.05) is 0 Å². The van der Waals surface area contributed by atoms with Crippen LogP contribution in [0.4, 0.5) is 5.69 Å². The van der Waals surface area contributed by atoms with Crippen LogP contribution in [0, 0.1) is 5.92 Å². The molecule has 1 aromatic carbocycles. The fourth-order valence-electron chi connectivity index (χ4n) is 2.56. The summed E-state index contributed by atoms with van der Waals surface area (Å²) in [4.78, 5) is 11.1. The van der Waals surface area contributed by atoms with E-state index in [1.165, 1.54) is 31.7 Å². The molecular weight excluding hydrogens is 250 g/mol. The van der Waals surface area contributed by atoms with E-state index in [4.69, 9.17) is 16.7 Å². The maximum Gasteiger partial charge on any atom is 0.337 e. The minimum absolute atomic E-state index is 0.244. The first-order chi connectivity index (χ1) is 8.66. The third-order valence-electron chi connectivity index (χ3n) is 3.55. The molecule has 1 aromatic rings. The Balaban J connectivity index is 1.93. The number of carboxylic acid groups (broad SMARTS) is 1. The molecule has 4 heteroatoms. The number of hydrogen-bond acceptors (Lipinski definition) is 2.